The molecule has 19 heteroatoms. The molecule has 0 aromatic rings. The number of hydrogen-bond acceptors (Lipinski definition) is 15. The number of hydrogen-bond donors (Lipinski definition) is 3. The number of carbonyl (C=O) groups is 4. The zero-order chi connectivity index (χ0) is 70.5. The molecule has 0 heterocycles. The van der Waals surface area contributed by atoms with Crippen LogP contribution in [0, 0.1) is 5.92 Å². The van der Waals surface area contributed by atoms with Gasteiger partial charge in [-0.1, -0.05) is 356 Å². The van der Waals surface area contributed by atoms with Gasteiger partial charge in [0.1, 0.15) is 19.3 Å². The lowest BCUT2D eigenvalue weighted by Gasteiger charge is -2.21. The van der Waals surface area contributed by atoms with Gasteiger partial charge in [-0.15, -0.1) is 0 Å². The summed E-state index contributed by atoms with van der Waals surface area (Å²) in [4.78, 5) is 72.8. The Bertz CT molecular complexity index is 1840. The van der Waals surface area contributed by atoms with Crippen LogP contribution in [-0.4, -0.2) is 96.7 Å². The molecular weight excluding hydrogens is 1260 g/mol. The number of rotatable bonds is 77. The topological polar surface area (TPSA) is 237 Å². The van der Waals surface area contributed by atoms with Gasteiger partial charge in [0.05, 0.1) is 26.4 Å². The lowest BCUT2D eigenvalue weighted by Crippen LogP contribution is -2.30. The lowest BCUT2D eigenvalue weighted by molar-refractivity contribution is -0.161. The Labute approximate surface area is 588 Å². The van der Waals surface area contributed by atoms with Crippen LogP contribution < -0.4 is 0 Å². The summed E-state index contributed by atoms with van der Waals surface area (Å²) in [7, 11) is -9.91. The minimum Gasteiger partial charge on any atom is -0.462 e. The molecule has 0 amide bonds. The van der Waals surface area contributed by atoms with Crippen molar-refractivity contribution >= 4 is 39.5 Å². The Morgan fingerprint density at radius 3 is 0.708 bits per heavy atom. The SMILES string of the molecule is CCCCCCCCCCCCCCCCCCCCCCC(=O)O[C@H](COC(=O)CCCCCCCCCCCCCCCC)COP(=O)(O)OC[C@@H](O)COP(=O)(O)OC[C@@H](COC(=O)CCCCCCCCCC(C)C)OC(=O)CCCCCCCCCCCCCC. The number of aliphatic hydroxyl groups is 1. The van der Waals surface area contributed by atoms with Gasteiger partial charge in [0, 0.05) is 25.7 Å². The summed E-state index contributed by atoms with van der Waals surface area (Å²) in [6, 6.07) is 0. The predicted octanol–water partition coefficient (Wildman–Crippen LogP) is 22.9. The molecule has 0 rings (SSSR count). The molecule has 96 heavy (non-hydrogen) atoms. The Hall–Kier alpha value is -1.94. The Balaban J connectivity index is 5.21. The van der Waals surface area contributed by atoms with Gasteiger partial charge in [-0.05, 0) is 31.6 Å². The van der Waals surface area contributed by atoms with Crippen LogP contribution in [0.25, 0.3) is 0 Å². The molecule has 0 aliphatic carbocycles. The number of phosphoric acid groups is 2. The van der Waals surface area contributed by atoms with E-state index < -0.39 is 97.5 Å². The maximum Gasteiger partial charge on any atom is 0.472 e. The van der Waals surface area contributed by atoms with E-state index in [4.69, 9.17) is 37.0 Å². The molecule has 0 fully saturated rings. The first kappa shape index (κ1) is 94.1. The zero-order valence-corrected chi connectivity index (χ0v) is 64.3. The number of carbonyl (C=O) groups excluding carboxylic acids is 4. The molecule has 0 saturated heterocycles. The Kier molecular flexibility index (Phi) is 68.7. The van der Waals surface area contributed by atoms with Crippen molar-refractivity contribution in [2.75, 3.05) is 39.6 Å². The van der Waals surface area contributed by atoms with Crippen molar-refractivity contribution in [3.8, 4) is 0 Å². The van der Waals surface area contributed by atoms with Crippen LogP contribution in [-0.2, 0) is 65.4 Å². The molecule has 0 aliphatic rings. The van der Waals surface area contributed by atoms with Crippen molar-refractivity contribution in [1.29, 1.82) is 0 Å². The van der Waals surface area contributed by atoms with Crippen LogP contribution in [0.1, 0.15) is 407 Å². The molecule has 0 aromatic heterocycles. The molecular formula is C77H150O17P2. The van der Waals surface area contributed by atoms with Gasteiger partial charge in [0.15, 0.2) is 12.2 Å². The van der Waals surface area contributed by atoms with Crippen molar-refractivity contribution in [3.05, 3.63) is 0 Å². The molecule has 2 unspecified atom stereocenters. The zero-order valence-electron chi connectivity index (χ0n) is 62.5. The number of ether oxygens (including phenoxy) is 4. The van der Waals surface area contributed by atoms with E-state index >= 15 is 0 Å². The molecule has 0 saturated carbocycles. The van der Waals surface area contributed by atoms with E-state index in [1.165, 1.54) is 225 Å². The average Bonchev–Trinajstić information content (AvgIpc) is 1.67. The van der Waals surface area contributed by atoms with E-state index in [1.54, 1.807) is 0 Å². The lowest BCUT2D eigenvalue weighted by atomic mass is 10.0. The van der Waals surface area contributed by atoms with Crippen molar-refractivity contribution in [3.63, 3.8) is 0 Å². The van der Waals surface area contributed by atoms with Gasteiger partial charge in [0.25, 0.3) is 0 Å². The molecule has 3 N–H and O–H groups in total. The van der Waals surface area contributed by atoms with Crippen LogP contribution in [0.4, 0.5) is 0 Å². The minimum absolute atomic E-state index is 0.107. The molecule has 17 nitrogen and oxygen atoms in total. The third-order valence-corrected chi connectivity index (χ3v) is 19.9. The van der Waals surface area contributed by atoms with Crippen molar-refractivity contribution in [2.24, 2.45) is 5.92 Å². The molecule has 0 radical (unpaired) electrons. The highest BCUT2D eigenvalue weighted by Gasteiger charge is 2.30. The van der Waals surface area contributed by atoms with Gasteiger partial charge < -0.3 is 33.8 Å². The summed E-state index contributed by atoms with van der Waals surface area (Å²) in [6.07, 6.45) is 59.7. The van der Waals surface area contributed by atoms with Crippen LogP contribution in [0.3, 0.4) is 0 Å². The third kappa shape index (κ3) is 70.5. The molecule has 5 atom stereocenters. The second kappa shape index (κ2) is 70.1. The Morgan fingerprint density at radius 2 is 0.479 bits per heavy atom. The second-order valence-electron chi connectivity index (χ2n) is 28.2. The standard InChI is InChI=1S/C77H150O17P2/c1-6-9-12-15-18-21-24-27-29-30-31-32-33-34-36-39-42-47-53-58-63-77(82)93-72(66-87-74(79)60-55-50-45-40-38-35-28-25-22-19-16-13-10-7-2)68-91-95(83,84)89-64-71(78)65-90-96(85,86)92-69-73(67-88-75(80)61-56-51-48-43-44-49-54-59-70(4)5)94-76(81)62-57-52-46-41-37-26-23-20-17-14-11-8-3/h70-73,78H,6-69H2,1-5H3,(H,83,84)(H,85,86)/t71-,72-,73-/m1/s1. The van der Waals surface area contributed by atoms with Gasteiger partial charge >= 0.3 is 39.5 Å². The van der Waals surface area contributed by atoms with Crippen LogP contribution >= 0.6 is 15.6 Å². The fourth-order valence-electron chi connectivity index (χ4n) is 11.9. The fourth-order valence-corrected chi connectivity index (χ4v) is 13.5. The molecule has 0 aromatic carbocycles. The van der Waals surface area contributed by atoms with Crippen LogP contribution in [0.2, 0.25) is 0 Å². The van der Waals surface area contributed by atoms with Gasteiger partial charge in [-0.2, -0.15) is 0 Å². The van der Waals surface area contributed by atoms with E-state index in [0.717, 1.165) is 96.3 Å². The van der Waals surface area contributed by atoms with E-state index in [0.29, 0.717) is 31.6 Å². The highest BCUT2D eigenvalue weighted by atomic mass is 31.2. The van der Waals surface area contributed by atoms with E-state index in [9.17, 15) is 43.2 Å². The van der Waals surface area contributed by atoms with Crippen molar-refractivity contribution in [2.45, 2.75) is 425 Å². The predicted molar refractivity (Wildman–Crippen MR) is 391 cm³/mol. The molecule has 0 bridgehead atoms. The summed E-state index contributed by atoms with van der Waals surface area (Å²) in [5.74, 6) is -1.41. The summed E-state index contributed by atoms with van der Waals surface area (Å²) < 4.78 is 68.5. The number of esters is 4. The van der Waals surface area contributed by atoms with Crippen molar-refractivity contribution < 1.29 is 80.2 Å². The second-order valence-corrected chi connectivity index (χ2v) is 31.1. The van der Waals surface area contributed by atoms with Crippen molar-refractivity contribution in [1.82, 2.24) is 0 Å². The summed E-state index contributed by atoms with van der Waals surface area (Å²) in [5, 5.41) is 10.6. The maximum atomic E-state index is 13.1. The number of phosphoric ester groups is 2. The number of unbranched alkanes of at least 4 members (excludes halogenated alkanes) is 49. The molecule has 570 valence electrons. The monoisotopic (exact) mass is 1410 g/mol. The first-order chi connectivity index (χ1) is 46.5. The van der Waals surface area contributed by atoms with Gasteiger partial charge in [0.2, 0.25) is 0 Å². The summed E-state index contributed by atoms with van der Waals surface area (Å²) >= 11 is 0. The fraction of sp³-hybridized carbons (Fsp3) is 0.948. The van der Waals surface area contributed by atoms with E-state index in [-0.39, 0.29) is 25.7 Å². The van der Waals surface area contributed by atoms with E-state index in [1.807, 2.05) is 0 Å². The van der Waals surface area contributed by atoms with Crippen LogP contribution in [0.15, 0.2) is 0 Å². The van der Waals surface area contributed by atoms with Crippen LogP contribution in [0.5, 0.6) is 0 Å². The molecule has 0 spiro atoms. The largest absolute Gasteiger partial charge is 0.472 e. The normalized spacial score (nSPS) is 13.9. The highest BCUT2D eigenvalue weighted by Crippen LogP contribution is 2.45. The molecule has 0 aliphatic heterocycles. The smallest absolute Gasteiger partial charge is 0.462 e. The Morgan fingerprint density at radius 1 is 0.281 bits per heavy atom. The first-order valence-corrected chi connectivity index (χ1v) is 43.1. The van der Waals surface area contributed by atoms with Gasteiger partial charge in [-0.3, -0.25) is 37.3 Å². The maximum absolute atomic E-state index is 13.1. The summed E-state index contributed by atoms with van der Waals surface area (Å²) in [5.41, 5.74) is 0. The average molecular weight is 1410 g/mol. The summed E-state index contributed by atoms with van der Waals surface area (Å²) in [6.45, 7) is 7.24. The quantitative estimate of drug-likeness (QED) is 0.0222. The first-order valence-electron chi connectivity index (χ1n) is 40.1. The van der Waals surface area contributed by atoms with E-state index in [2.05, 4.69) is 34.6 Å². The third-order valence-electron chi connectivity index (χ3n) is 18.0. The van der Waals surface area contributed by atoms with Gasteiger partial charge in [-0.25, -0.2) is 9.13 Å². The number of aliphatic hydroxyl groups excluding tert-OH is 1. The minimum atomic E-state index is -4.96. The highest BCUT2D eigenvalue weighted by molar-refractivity contribution is 7.47.